The first-order valence-corrected chi connectivity index (χ1v) is 10.8. The quantitative estimate of drug-likeness (QED) is 0.484. The lowest BCUT2D eigenvalue weighted by Gasteiger charge is -2.08. The second kappa shape index (κ2) is 10.8. The number of amides is 2. The first kappa shape index (κ1) is 24.0. The third-order valence-electron chi connectivity index (χ3n) is 4.57. The number of aromatic nitrogens is 1. The molecule has 0 radical (unpaired) electrons. The fourth-order valence-electron chi connectivity index (χ4n) is 2.80. The van der Waals surface area contributed by atoms with Gasteiger partial charge in [0.25, 0.3) is 5.91 Å². The second-order valence-corrected chi connectivity index (χ2v) is 8.01. The molecule has 0 aliphatic carbocycles. The highest BCUT2D eigenvalue weighted by atomic mass is 32.1. The van der Waals surface area contributed by atoms with Crippen LogP contribution >= 0.6 is 11.3 Å². The average molecular weight is 474 g/mol. The highest BCUT2D eigenvalue weighted by molar-refractivity contribution is 7.17. The first-order valence-electron chi connectivity index (χ1n) is 10.0. The van der Waals surface area contributed by atoms with Crippen LogP contribution in [0.4, 0.5) is 14.5 Å². The summed E-state index contributed by atoms with van der Waals surface area (Å²) in [5.74, 6) is -4.19. The van der Waals surface area contributed by atoms with Gasteiger partial charge in [0.15, 0.2) is 18.2 Å². The van der Waals surface area contributed by atoms with Gasteiger partial charge >= 0.3 is 5.97 Å². The summed E-state index contributed by atoms with van der Waals surface area (Å²) in [5.41, 5.74) is 2.60. The maximum atomic E-state index is 13.2. The number of anilines is 1. The van der Waals surface area contributed by atoms with Crippen molar-refractivity contribution in [2.45, 2.75) is 20.3 Å². The van der Waals surface area contributed by atoms with E-state index in [2.05, 4.69) is 22.5 Å². The minimum Gasteiger partial charge on any atom is -0.451 e. The number of hydrogen-bond acceptors (Lipinski definition) is 6. The van der Waals surface area contributed by atoms with Crippen molar-refractivity contribution in [2.24, 2.45) is 0 Å². The lowest BCUT2D eigenvalue weighted by Crippen LogP contribution is -2.35. The highest BCUT2D eigenvalue weighted by Gasteiger charge is 2.19. The Bertz CT molecular complexity index is 1180. The molecule has 10 heteroatoms. The van der Waals surface area contributed by atoms with Crippen LogP contribution in [0.3, 0.4) is 0 Å². The van der Waals surface area contributed by atoms with E-state index in [9.17, 15) is 23.2 Å². The predicted molar refractivity (Wildman–Crippen MR) is 120 cm³/mol. The van der Waals surface area contributed by atoms with E-state index < -0.39 is 42.6 Å². The molecule has 0 unspecified atom stereocenters. The van der Waals surface area contributed by atoms with Gasteiger partial charge in [0.1, 0.15) is 9.88 Å². The Kier molecular flexibility index (Phi) is 7.83. The molecule has 0 saturated carbocycles. The highest BCUT2D eigenvalue weighted by Crippen LogP contribution is 2.28. The topological polar surface area (TPSA) is 97.4 Å². The van der Waals surface area contributed by atoms with Gasteiger partial charge in [-0.05, 0) is 31.0 Å². The summed E-state index contributed by atoms with van der Waals surface area (Å²) in [4.78, 5) is 40.8. The van der Waals surface area contributed by atoms with Gasteiger partial charge in [-0.3, -0.25) is 9.59 Å². The van der Waals surface area contributed by atoms with E-state index in [-0.39, 0.29) is 10.6 Å². The number of carbonyl (C=O) groups excluding carboxylic acids is 3. The zero-order chi connectivity index (χ0) is 24.0. The monoisotopic (exact) mass is 473 g/mol. The molecule has 2 amide bonds. The first-order chi connectivity index (χ1) is 15.8. The van der Waals surface area contributed by atoms with Crippen LogP contribution in [-0.4, -0.2) is 35.9 Å². The van der Waals surface area contributed by atoms with Gasteiger partial charge in [-0.1, -0.05) is 31.2 Å². The molecule has 0 bridgehead atoms. The molecule has 3 rings (SSSR count). The number of carbonyl (C=O) groups is 3. The van der Waals surface area contributed by atoms with E-state index in [1.54, 1.807) is 6.92 Å². The summed E-state index contributed by atoms with van der Waals surface area (Å²) >= 11 is 1.17. The number of benzene rings is 2. The van der Waals surface area contributed by atoms with Crippen LogP contribution in [-0.2, 0) is 20.7 Å². The molecule has 0 aliphatic rings. The van der Waals surface area contributed by atoms with Crippen LogP contribution < -0.4 is 10.6 Å². The maximum Gasteiger partial charge on any atom is 0.350 e. The van der Waals surface area contributed by atoms with Gasteiger partial charge < -0.3 is 15.4 Å². The van der Waals surface area contributed by atoms with Gasteiger partial charge in [0.05, 0.1) is 12.2 Å². The lowest BCUT2D eigenvalue weighted by atomic mass is 10.1. The van der Waals surface area contributed by atoms with Crippen molar-refractivity contribution in [3.63, 3.8) is 0 Å². The van der Waals surface area contributed by atoms with Gasteiger partial charge in [-0.2, -0.15) is 0 Å². The lowest BCUT2D eigenvalue weighted by molar-refractivity contribution is -0.126. The van der Waals surface area contributed by atoms with E-state index in [1.807, 2.05) is 24.3 Å². The van der Waals surface area contributed by atoms with Crippen LogP contribution in [0.5, 0.6) is 0 Å². The number of halogens is 2. The predicted octanol–water partition coefficient (Wildman–Crippen LogP) is 3.87. The second-order valence-electron chi connectivity index (χ2n) is 7.01. The Labute approximate surface area is 192 Å². The van der Waals surface area contributed by atoms with Crippen LogP contribution in [0.15, 0.2) is 42.5 Å². The molecule has 1 heterocycles. The van der Waals surface area contributed by atoms with Crippen LogP contribution in [0, 0.1) is 18.6 Å². The zero-order valence-corrected chi connectivity index (χ0v) is 18.7. The third kappa shape index (κ3) is 6.42. The standard InChI is InChI=1S/C23H21F2N3O4S/c1-3-14-4-6-15(7-5-14)22-27-13(2)21(33-22)23(31)32-12-20(30)26-11-19(29)28-16-8-9-17(24)18(25)10-16/h4-10H,3,11-12H2,1-2H3,(H,26,30)(H,28,29). The van der Waals surface area contributed by atoms with E-state index in [0.29, 0.717) is 10.7 Å². The zero-order valence-electron chi connectivity index (χ0n) is 17.9. The van der Waals surface area contributed by atoms with Crippen molar-refractivity contribution in [3.05, 3.63) is 70.2 Å². The Morgan fingerprint density at radius 1 is 1.03 bits per heavy atom. The number of ether oxygens (including phenoxy) is 1. The van der Waals surface area contributed by atoms with Crippen molar-refractivity contribution in [2.75, 3.05) is 18.5 Å². The Morgan fingerprint density at radius 2 is 1.76 bits per heavy atom. The van der Waals surface area contributed by atoms with Crippen molar-refractivity contribution >= 4 is 34.8 Å². The number of nitrogens with one attached hydrogen (secondary N) is 2. The van der Waals surface area contributed by atoms with Crippen LogP contribution in [0.25, 0.3) is 10.6 Å². The molecular formula is C23H21F2N3O4S. The fraction of sp³-hybridized carbons (Fsp3) is 0.217. The molecule has 3 aromatic rings. The summed E-state index contributed by atoms with van der Waals surface area (Å²) in [6, 6.07) is 10.7. The third-order valence-corrected chi connectivity index (χ3v) is 5.76. The average Bonchev–Trinajstić information content (AvgIpc) is 3.20. The minimum atomic E-state index is -1.11. The molecular weight excluding hydrogens is 452 g/mol. The Morgan fingerprint density at radius 3 is 2.42 bits per heavy atom. The summed E-state index contributed by atoms with van der Waals surface area (Å²) in [7, 11) is 0. The summed E-state index contributed by atoms with van der Waals surface area (Å²) in [6.45, 7) is 2.72. The molecule has 0 fully saturated rings. The number of rotatable bonds is 8. The summed E-state index contributed by atoms with van der Waals surface area (Å²) in [5, 5.41) is 5.27. The number of esters is 1. The molecule has 172 valence electrons. The summed E-state index contributed by atoms with van der Waals surface area (Å²) in [6.07, 6.45) is 0.920. The molecule has 2 aromatic carbocycles. The van der Waals surface area contributed by atoms with Gasteiger partial charge in [-0.15, -0.1) is 11.3 Å². The maximum absolute atomic E-state index is 13.2. The van der Waals surface area contributed by atoms with E-state index >= 15 is 0 Å². The van der Waals surface area contributed by atoms with Gasteiger partial charge in [-0.25, -0.2) is 18.6 Å². The van der Waals surface area contributed by atoms with E-state index in [0.717, 1.165) is 24.1 Å². The number of thiazole rings is 1. The van der Waals surface area contributed by atoms with E-state index in [1.165, 1.54) is 23.0 Å². The number of aryl methyl sites for hydroxylation is 2. The van der Waals surface area contributed by atoms with Crippen molar-refractivity contribution in [1.29, 1.82) is 0 Å². The van der Waals surface area contributed by atoms with Crippen molar-refractivity contribution < 1.29 is 27.9 Å². The van der Waals surface area contributed by atoms with Crippen molar-refractivity contribution in [1.82, 2.24) is 10.3 Å². The molecule has 7 nitrogen and oxygen atoms in total. The smallest absolute Gasteiger partial charge is 0.350 e. The molecule has 0 aliphatic heterocycles. The normalized spacial score (nSPS) is 10.5. The Balaban J connectivity index is 1.48. The van der Waals surface area contributed by atoms with Crippen molar-refractivity contribution in [3.8, 4) is 10.6 Å². The molecule has 2 N–H and O–H groups in total. The minimum absolute atomic E-state index is 0.0420. The van der Waals surface area contributed by atoms with E-state index in [4.69, 9.17) is 4.74 Å². The van der Waals surface area contributed by atoms with Gasteiger partial charge in [0.2, 0.25) is 5.91 Å². The van der Waals surface area contributed by atoms with Crippen LogP contribution in [0.1, 0.15) is 27.9 Å². The van der Waals surface area contributed by atoms with Crippen LogP contribution in [0.2, 0.25) is 0 Å². The molecule has 1 aromatic heterocycles. The molecule has 33 heavy (non-hydrogen) atoms. The van der Waals surface area contributed by atoms with Gasteiger partial charge in [0, 0.05) is 17.3 Å². The number of hydrogen-bond donors (Lipinski definition) is 2. The molecule has 0 atom stereocenters. The SMILES string of the molecule is CCc1ccc(-c2nc(C)c(C(=O)OCC(=O)NCC(=O)Nc3ccc(F)c(F)c3)s2)cc1. The Hall–Kier alpha value is -3.66. The number of nitrogens with zero attached hydrogens (tertiary/aromatic N) is 1. The summed E-state index contributed by atoms with van der Waals surface area (Å²) < 4.78 is 31.1. The largest absolute Gasteiger partial charge is 0.451 e. The molecule has 0 saturated heterocycles. The fourth-order valence-corrected chi connectivity index (χ4v) is 3.76. The molecule has 0 spiro atoms.